The fraction of sp³-hybridized carbons (Fsp3) is 0.250. The van der Waals surface area contributed by atoms with Crippen molar-refractivity contribution in [3.8, 4) is 17.2 Å². The number of anilines is 1. The van der Waals surface area contributed by atoms with Crippen LogP contribution in [0.3, 0.4) is 0 Å². The van der Waals surface area contributed by atoms with Gasteiger partial charge < -0.3 is 19.5 Å². The molecule has 0 heterocycles. The Balaban J connectivity index is 1.90. The third-order valence-corrected chi connectivity index (χ3v) is 5.35. The summed E-state index contributed by atoms with van der Waals surface area (Å²) in [5, 5.41) is 9.68. The van der Waals surface area contributed by atoms with E-state index in [0.717, 1.165) is 23.1 Å². The first-order valence-corrected chi connectivity index (χ1v) is 11.2. The molecule has 0 saturated heterocycles. The van der Waals surface area contributed by atoms with Crippen LogP contribution >= 0.6 is 15.9 Å². The third kappa shape index (κ3) is 7.96. The highest BCUT2D eigenvalue weighted by Gasteiger charge is 2.44. The summed E-state index contributed by atoms with van der Waals surface area (Å²) in [6.45, 7) is -1.35. The number of rotatable bonds is 10. The zero-order valence-electron chi connectivity index (χ0n) is 18.5. The highest BCUT2D eigenvalue weighted by molar-refractivity contribution is 9.10. The van der Waals surface area contributed by atoms with Crippen molar-refractivity contribution in [2.75, 3.05) is 11.4 Å². The van der Waals surface area contributed by atoms with Crippen LogP contribution in [0.25, 0.3) is 0 Å². The van der Waals surface area contributed by atoms with Gasteiger partial charge in [0.2, 0.25) is 0 Å². The smallest absolute Gasteiger partial charge is 0.454 e. The summed E-state index contributed by atoms with van der Waals surface area (Å²) >= 11 is 3.17. The van der Waals surface area contributed by atoms with Gasteiger partial charge in [0.05, 0.1) is 6.54 Å². The number of benzene rings is 3. The fourth-order valence-corrected chi connectivity index (χ4v) is 3.47. The summed E-state index contributed by atoms with van der Waals surface area (Å²) in [5.74, 6) is -1.45. The summed E-state index contributed by atoms with van der Waals surface area (Å²) in [6.07, 6.45) is -16.6. The van der Waals surface area contributed by atoms with Crippen molar-refractivity contribution in [1.29, 1.82) is 0 Å². The molecule has 0 bridgehead atoms. The molecule has 3 rings (SSSR count). The zero-order chi connectivity index (χ0) is 27.4. The third-order valence-electron chi connectivity index (χ3n) is 4.85. The van der Waals surface area contributed by atoms with Gasteiger partial charge in [0.15, 0.2) is 17.7 Å². The Kier molecular flexibility index (Phi) is 8.90. The van der Waals surface area contributed by atoms with E-state index < -0.39 is 42.9 Å². The van der Waals surface area contributed by atoms with Gasteiger partial charge in [0.25, 0.3) is 0 Å². The molecule has 0 aliphatic rings. The topological polar surface area (TPSA) is 41.9 Å². The Morgan fingerprint density at radius 2 is 1.57 bits per heavy atom. The minimum absolute atomic E-state index is 0.0506. The molecule has 3 aromatic rings. The fourth-order valence-electron chi connectivity index (χ4n) is 3.13. The van der Waals surface area contributed by atoms with Crippen LogP contribution < -0.4 is 14.4 Å². The van der Waals surface area contributed by atoms with Gasteiger partial charge in [-0.1, -0.05) is 34.1 Å². The van der Waals surface area contributed by atoms with Gasteiger partial charge in [-0.05, 0) is 48.0 Å². The summed E-state index contributed by atoms with van der Waals surface area (Å²) in [5.41, 5.74) is 0.210. The first-order valence-electron chi connectivity index (χ1n) is 10.4. The molecule has 1 N–H and O–H groups in total. The van der Waals surface area contributed by atoms with E-state index in [1.165, 1.54) is 48.5 Å². The lowest BCUT2D eigenvalue weighted by Crippen LogP contribution is -2.40. The first-order chi connectivity index (χ1) is 17.2. The predicted octanol–water partition coefficient (Wildman–Crippen LogP) is 7.55. The summed E-state index contributed by atoms with van der Waals surface area (Å²) < 4.78 is 115. The van der Waals surface area contributed by atoms with E-state index in [-0.39, 0.29) is 29.3 Å². The molecule has 1 atom stereocenters. The molecule has 0 unspecified atom stereocenters. The maximum absolute atomic E-state index is 14.1. The van der Waals surface area contributed by atoms with Crippen LogP contribution in [0.4, 0.5) is 40.8 Å². The molecule has 0 amide bonds. The molecular formula is C24H18BrF8NO3. The average molecular weight is 600 g/mol. The molecular weight excluding hydrogens is 582 g/mol. The predicted molar refractivity (Wildman–Crippen MR) is 122 cm³/mol. The van der Waals surface area contributed by atoms with Crippen LogP contribution in [0, 0.1) is 5.82 Å². The Bertz CT molecular complexity index is 1210. The summed E-state index contributed by atoms with van der Waals surface area (Å²) in [4.78, 5) is 1.06. The van der Waals surface area contributed by atoms with E-state index >= 15 is 0 Å². The van der Waals surface area contributed by atoms with Gasteiger partial charge in [-0.25, -0.2) is 4.39 Å². The molecule has 0 saturated carbocycles. The molecule has 3 aromatic carbocycles. The lowest BCUT2D eigenvalue weighted by atomic mass is 10.1. The van der Waals surface area contributed by atoms with Gasteiger partial charge in [-0.2, -0.15) is 30.7 Å². The monoisotopic (exact) mass is 599 g/mol. The van der Waals surface area contributed by atoms with Gasteiger partial charge in [-0.3, -0.25) is 0 Å². The van der Waals surface area contributed by atoms with Crippen molar-refractivity contribution < 1.29 is 49.7 Å². The molecule has 0 radical (unpaired) electrons. The van der Waals surface area contributed by atoms with Crippen molar-refractivity contribution in [3.05, 3.63) is 82.6 Å². The Hall–Kier alpha value is -3.06. The quantitative estimate of drug-likeness (QED) is 0.244. The second kappa shape index (κ2) is 11.5. The van der Waals surface area contributed by atoms with E-state index in [9.17, 15) is 40.2 Å². The van der Waals surface area contributed by atoms with Crippen molar-refractivity contribution in [1.82, 2.24) is 0 Å². The molecule has 200 valence electrons. The van der Waals surface area contributed by atoms with Crippen LogP contribution in [0.1, 0.15) is 5.56 Å². The number of hydrogen-bond acceptors (Lipinski definition) is 4. The molecule has 37 heavy (non-hydrogen) atoms. The van der Waals surface area contributed by atoms with Gasteiger partial charge in [-0.15, -0.1) is 0 Å². The highest BCUT2D eigenvalue weighted by atomic mass is 79.9. The zero-order valence-corrected chi connectivity index (χ0v) is 20.1. The Morgan fingerprint density at radius 3 is 2.24 bits per heavy atom. The number of ether oxygens (including phenoxy) is 2. The van der Waals surface area contributed by atoms with Crippen molar-refractivity contribution in [2.45, 2.75) is 31.4 Å². The van der Waals surface area contributed by atoms with Crippen LogP contribution in [-0.4, -0.2) is 36.5 Å². The Morgan fingerprint density at radius 1 is 0.892 bits per heavy atom. The van der Waals surface area contributed by atoms with Crippen LogP contribution in [0.15, 0.2) is 71.2 Å². The molecule has 0 fully saturated rings. The van der Waals surface area contributed by atoms with E-state index in [1.54, 1.807) is 0 Å². The second-order valence-electron chi connectivity index (χ2n) is 7.72. The number of nitrogens with zero attached hydrogens (tertiary/aromatic N) is 1. The summed E-state index contributed by atoms with van der Waals surface area (Å²) in [6, 6.07) is 13.9. The van der Waals surface area contributed by atoms with Crippen LogP contribution in [0.5, 0.6) is 17.2 Å². The summed E-state index contributed by atoms with van der Waals surface area (Å²) in [7, 11) is 0. The van der Waals surface area contributed by atoms with Crippen LogP contribution in [0.2, 0.25) is 0 Å². The number of aliphatic hydroxyl groups excluding tert-OH is 1. The van der Waals surface area contributed by atoms with E-state index in [2.05, 4.69) is 20.7 Å². The first kappa shape index (κ1) is 28.5. The highest BCUT2D eigenvalue weighted by Crippen LogP contribution is 2.32. The van der Waals surface area contributed by atoms with Crippen molar-refractivity contribution in [2.24, 2.45) is 0 Å². The molecule has 0 aromatic heterocycles. The molecule has 13 heteroatoms. The normalized spacial score (nSPS) is 12.9. The average Bonchev–Trinajstić information content (AvgIpc) is 2.80. The lowest BCUT2D eigenvalue weighted by molar-refractivity contribution is -0.253. The Labute approximate surface area is 214 Å². The lowest BCUT2D eigenvalue weighted by Gasteiger charge is -2.29. The molecule has 0 spiro atoms. The largest absolute Gasteiger partial charge is 0.461 e. The van der Waals surface area contributed by atoms with Gasteiger partial charge in [0, 0.05) is 22.8 Å². The second-order valence-corrected chi connectivity index (χ2v) is 8.64. The van der Waals surface area contributed by atoms with Gasteiger partial charge in [0.1, 0.15) is 11.5 Å². The molecule has 0 aliphatic heterocycles. The molecule has 4 nitrogen and oxygen atoms in total. The minimum atomic E-state index is -4.98. The van der Waals surface area contributed by atoms with E-state index in [4.69, 9.17) is 4.74 Å². The SMILES string of the molecule is O[C@H](CN(Cc1cccc(OC(F)(F)C(F)F)c1)c1cccc(Oc2cc(Br)ccc2F)c1)C(F)(F)F. The minimum Gasteiger partial charge on any atom is -0.454 e. The maximum Gasteiger partial charge on any atom is 0.461 e. The van der Waals surface area contributed by atoms with E-state index in [1.807, 2.05) is 0 Å². The van der Waals surface area contributed by atoms with Crippen molar-refractivity contribution >= 4 is 21.6 Å². The van der Waals surface area contributed by atoms with Crippen molar-refractivity contribution in [3.63, 3.8) is 0 Å². The number of halogens is 9. The number of aliphatic hydroxyl groups is 1. The van der Waals surface area contributed by atoms with Gasteiger partial charge >= 0.3 is 18.7 Å². The number of alkyl halides is 7. The number of hydrogen-bond donors (Lipinski definition) is 1. The van der Waals surface area contributed by atoms with Crippen LogP contribution in [-0.2, 0) is 6.54 Å². The molecule has 0 aliphatic carbocycles. The standard InChI is InChI=1S/C24H18BrF8NO3/c25-15-7-8-19(26)20(10-15)36-17-5-2-4-16(11-17)34(13-21(35)23(29,30)31)12-14-3-1-6-18(9-14)37-24(32,33)22(27)28/h1-11,21-22,35H,12-13H2/t21-/m1/s1. The van der Waals surface area contributed by atoms with E-state index in [0.29, 0.717) is 4.47 Å². The maximum atomic E-state index is 14.1.